The Balaban J connectivity index is 1.98. The van der Waals surface area contributed by atoms with E-state index in [1.165, 1.54) is 30.3 Å². The molecule has 1 aliphatic heterocycles. The highest BCUT2D eigenvalue weighted by Crippen LogP contribution is 2.36. The minimum absolute atomic E-state index is 0.298. The average Bonchev–Trinajstić information content (AvgIpc) is 2.54. The second kappa shape index (κ2) is 6.32. The van der Waals surface area contributed by atoms with Crippen LogP contribution in [0, 0.1) is 15.9 Å². The number of nitrogens with one attached hydrogen (secondary N) is 1. The van der Waals surface area contributed by atoms with Crippen LogP contribution in [0.1, 0.15) is 18.0 Å². The first-order valence-electron chi connectivity index (χ1n) is 7.43. The van der Waals surface area contributed by atoms with Crippen LogP contribution in [0.15, 0.2) is 41.3 Å². The third kappa shape index (κ3) is 3.55. The van der Waals surface area contributed by atoms with E-state index in [2.05, 4.69) is 5.32 Å². The van der Waals surface area contributed by atoms with Crippen molar-refractivity contribution in [2.75, 3.05) is 18.2 Å². The molecular formula is C16H15FN2O5S. The van der Waals surface area contributed by atoms with Crippen molar-refractivity contribution in [3.8, 4) is 5.75 Å². The molecular weight excluding hydrogens is 351 g/mol. The van der Waals surface area contributed by atoms with Gasteiger partial charge in [0.05, 0.1) is 17.6 Å². The number of halogens is 1. The van der Waals surface area contributed by atoms with Crippen LogP contribution in [0.4, 0.5) is 15.8 Å². The molecule has 0 spiro atoms. The van der Waals surface area contributed by atoms with Crippen LogP contribution in [0.2, 0.25) is 0 Å². The molecule has 2 aromatic rings. The summed E-state index contributed by atoms with van der Waals surface area (Å²) in [6.45, 7) is 0.419. The Bertz CT molecular complexity index is 946. The molecule has 0 bridgehead atoms. The second-order valence-corrected chi connectivity index (χ2v) is 7.71. The highest BCUT2D eigenvalue weighted by molar-refractivity contribution is 7.90. The Labute approximate surface area is 143 Å². The minimum Gasteiger partial charge on any atom is -0.493 e. The minimum atomic E-state index is -3.78. The maximum Gasteiger partial charge on any atom is 0.288 e. The van der Waals surface area contributed by atoms with E-state index >= 15 is 0 Å². The summed E-state index contributed by atoms with van der Waals surface area (Å²) in [6.07, 6.45) is 1.46. The van der Waals surface area contributed by atoms with Crippen molar-refractivity contribution in [2.24, 2.45) is 0 Å². The number of fused-ring (bicyclic) bond motifs is 1. The van der Waals surface area contributed by atoms with Crippen LogP contribution in [0.3, 0.4) is 0 Å². The Morgan fingerprint density at radius 1 is 1.28 bits per heavy atom. The lowest BCUT2D eigenvalue weighted by atomic mass is 10.00. The number of hydrogen-bond donors (Lipinski definition) is 1. The highest BCUT2D eigenvalue weighted by atomic mass is 32.2. The topological polar surface area (TPSA) is 98.5 Å². The Morgan fingerprint density at radius 2 is 2.04 bits per heavy atom. The molecule has 0 aliphatic carbocycles. The van der Waals surface area contributed by atoms with Gasteiger partial charge in [-0.1, -0.05) is 0 Å². The fourth-order valence-electron chi connectivity index (χ4n) is 2.77. The molecule has 1 N–H and O–H groups in total. The maximum atomic E-state index is 13.5. The molecule has 0 aromatic heterocycles. The highest BCUT2D eigenvalue weighted by Gasteiger charge is 2.25. The lowest BCUT2D eigenvalue weighted by Gasteiger charge is -2.27. The van der Waals surface area contributed by atoms with Gasteiger partial charge in [0.2, 0.25) is 0 Å². The SMILES string of the molecule is CS(=O)(=O)c1cc(NC2CCOc3ccc(F)cc32)ccc1[N+](=O)[O-]. The monoisotopic (exact) mass is 366 g/mol. The van der Waals surface area contributed by atoms with E-state index in [-0.39, 0.29) is 10.9 Å². The van der Waals surface area contributed by atoms with Crippen LogP contribution in [0.25, 0.3) is 0 Å². The molecule has 25 heavy (non-hydrogen) atoms. The van der Waals surface area contributed by atoms with Crippen LogP contribution in [-0.2, 0) is 9.84 Å². The van der Waals surface area contributed by atoms with E-state index in [9.17, 15) is 22.9 Å². The third-order valence-electron chi connectivity index (χ3n) is 3.91. The summed E-state index contributed by atoms with van der Waals surface area (Å²) in [4.78, 5) is 9.93. The van der Waals surface area contributed by atoms with Crippen molar-refractivity contribution in [1.29, 1.82) is 0 Å². The molecule has 132 valence electrons. The van der Waals surface area contributed by atoms with Gasteiger partial charge in [-0.2, -0.15) is 0 Å². The molecule has 1 aliphatic rings. The fourth-order valence-corrected chi connectivity index (χ4v) is 3.63. The summed E-state index contributed by atoms with van der Waals surface area (Å²) in [5, 5.41) is 14.1. The Morgan fingerprint density at radius 3 is 2.72 bits per heavy atom. The van der Waals surface area contributed by atoms with Crippen molar-refractivity contribution in [1.82, 2.24) is 0 Å². The summed E-state index contributed by atoms with van der Waals surface area (Å²) in [5.74, 6) is 0.145. The normalized spacial score (nSPS) is 16.6. The summed E-state index contributed by atoms with van der Waals surface area (Å²) >= 11 is 0. The number of ether oxygens (including phenoxy) is 1. The van der Waals surface area contributed by atoms with Crippen molar-refractivity contribution in [2.45, 2.75) is 17.4 Å². The first-order chi connectivity index (χ1) is 11.8. The number of sulfone groups is 1. The van der Waals surface area contributed by atoms with Crippen molar-refractivity contribution in [3.05, 3.63) is 57.9 Å². The van der Waals surface area contributed by atoms with E-state index in [0.717, 1.165) is 12.3 Å². The van der Waals surface area contributed by atoms with Gasteiger partial charge in [0.25, 0.3) is 5.69 Å². The van der Waals surface area contributed by atoms with E-state index < -0.39 is 26.3 Å². The number of nitro groups is 1. The number of benzene rings is 2. The van der Waals surface area contributed by atoms with Crippen LogP contribution in [0.5, 0.6) is 5.75 Å². The standard InChI is InChI=1S/C16H15FN2O5S/c1-25(22,23)16-9-11(3-4-14(16)19(20)21)18-13-6-7-24-15-5-2-10(17)8-12(13)15/h2-5,8-9,13,18H,6-7H2,1H3. The van der Waals surface area contributed by atoms with Gasteiger partial charge < -0.3 is 10.1 Å². The molecule has 0 saturated carbocycles. The molecule has 0 radical (unpaired) electrons. The molecule has 9 heteroatoms. The molecule has 7 nitrogen and oxygen atoms in total. The Hall–Kier alpha value is -2.68. The van der Waals surface area contributed by atoms with Crippen LogP contribution >= 0.6 is 0 Å². The summed E-state index contributed by atoms with van der Waals surface area (Å²) < 4.78 is 42.7. The number of nitrogens with zero attached hydrogens (tertiary/aromatic N) is 1. The quantitative estimate of drug-likeness (QED) is 0.659. The predicted octanol–water partition coefficient (Wildman–Crippen LogP) is 3.07. The van der Waals surface area contributed by atoms with Gasteiger partial charge in [-0.15, -0.1) is 0 Å². The zero-order chi connectivity index (χ0) is 18.2. The van der Waals surface area contributed by atoms with E-state index in [1.807, 2.05) is 0 Å². The van der Waals surface area contributed by atoms with Crippen molar-refractivity contribution < 1.29 is 22.5 Å². The third-order valence-corrected chi connectivity index (χ3v) is 5.03. The maximum absolute atomic E-state index is 13.5. The average molecular weight is 366 g/mol. The number of nitro benzene ring substituents is 1. The van der Waals surface area contributed by atoms with E-state index in [0.29, 0.717) is 30.0 Å². The van der Waals surface area contributed by atoms with Gasteiger partial charge in [0.1, 0.15) is 16.5 Å². The van der Waals surface area contributed by atoms with E-state index in [1.54, 1.807) is 0 Å². The molecule has 1 atom stereocenters. The lowest BCUT2D eigenvalue weighted by molar-refractivity contribution is -0.387. The van der Waals surface area contributed by atoms with Gasteiger partial charge in [-0.05, 0) is 30.3 Å². The zero-order valence-electron chi connectivity index (χ0n) is 13.2. The molecule has 0 saturated heterocycles. The van der Waals surface area contributed by atoms with Gasteiger partial charge >= 0.3 is 0 Å². The molecule has 0 amide bonds. The largest absolute Gasteiger partial charge is 0.493 e. The van der Waals surface area contributed by atoms with Gasteiger partial charge in [-0.25, -0.2) is 12.8 Å². The zero-order valence-corrected chi connectivity index (χ0v) is 14.0. The molecule has 0 fully saturated rings. The molecule has 3 rings (SSSR count). The summed E-state index contributed by atoms with van der Waals surface area (Å²) in [5.41, 5.74) is 0.533. The predicted molar refractivity (Wildman–Crippen MR) is 89.1 cm³/mol. The molecule has 1 heterocycles. The Kier molecular flexibility index (Phi) is 4.34. The smallest absolute Gasteiger partial charge is 0.288 e. The molecule has 1 unspecified atom stereocenters. The fraction of sp³-hybridized carbons (Fsp3) is 0.250. The second-order valence-electron chi connectivity index (χ2n) is 5.73. The van der Waals surface area contributed by atoms with Gasteiger partial charge in [0.15, 0.2) is 9.84 Å². The first-order valence-corrected chi connectivity index (χ1v) is 9.32. The lowest BCUT2D eigenvalue weighted by Crippen LogP contribution is -2.20. The number of anilines is 1. The van der Waals surface area contributed by atoms with Crippen LogP contribution < -0.4 is 10.1 Å². The number of hydrogen-bond acceptors (Lipinski definition) is 6. The summed E-state index contributed by atoms with van der Waals surface area (Å²) in [6, 6.07) is 7.70. The van der Waals surface area contributed by atoms with Gasteiger partial charge in [-0.3, -0.25) is 10.1 Å². The van der Waals surface area contributed by atoms with Crippen molar-refractivity contribution in [3.63, 3.8) is 0 Å². The van der Waals surface area contributed by atoms with Crippen molar-refractivity contribution >= 4 is 21.2 Å². The summed E-state index contributed by atoms with van der Waals surface area (Å²) in [7, 11) is -3.78. The van der Waals surface area contributed by atoms with E-state index in [4.69, 9.17) is 4.74 Å². The van der Waals surface area contributed by atoms with Gasteiger partial charge in [0, 0.05) is 30.0 Å². The first kappa shape index (κ1) is 17.2. The number of rotatable bonds is 4. The van der Waals surface area contributed by atoms with Crippen LogP contribution in [-0.4, -0.2) is 26.2 Å². The molecule has 2 aromatic carbocycles.